The van der Waals surface area contributed by atoms with Crippen LogP contribution in [0, 0.1) is 5.92 Å². The molecule has 0 bridgehead atoms. The normalized spacial score (nSPS) is 30.5. The minimum atomic E-state index is -0.0266. The van der Waals surface area contributed by atoms with Crippen molar-refractivity contribution in [2.24, 2.45) is 5.92 Å². The van der Waals surface area contributed by atoms with E-state index in [-0.39, 0.29) is 6.10 Å². The monoisotopic (exact) mass is 242 g/mol. The molecule has 2 aliphatic heterocycles. The number of aliphatic hydroxyl groups is 1. The third-order valence-electron chi connectivity index (χ3n) is 4.63. The lowest BCUT2D eigenvalue weighted by atomic mass is 9.81. The van der Waals surface area contributed by atoms with Crippen LogP contribution in [0.4, 0.5) is 0 Å². The molecule has 0 aromatic rings. The average Bonchev–Trinajstić information content (AvgIpc) is 2.28. The number of nitrogens with zero attached hydrogens (tertiary/aromatic N) is 1. The van der Waals surface area contributed by atoms with Gasteiger partial charge in [0, 0.05) is 5.54 Å². The molecule has 2 rings (SSSR count). The van der Waals surface area contributed by atoms with Gasteiger partial charge in [-0.2, -0.15) is 0 Å². The van der Waals surface area contributed by atoms with E-state index in [1.54, 1.807) is 0 Å². The highest BCUT2D eigenvalue weighted by Crippen LogP contribution is 2.30. The summed E-state index contributed by atoms with van der Waals surface area (Å²) >= 11 is 0. The summed E-state index contributed by atoms with van der Waals surface area (Å²) in [6.07, 6.45) is 4.61. The van der Waals surface area contributed by atoms with Gasteiger partial charge in [-0.3, -0.25) is 0 Å². The maximum Gasteiger partial charge on any atom is 0.0564 e. The molecule has 1 atom stereocenters. The predicted molar refractivity (Wildman–Crippen MR) is 73.2 cm³/mol. The predicted octanol–water partition coefficient (Wildman–Crippen LogP) is 1.86. The van der Waals surface area contributed by atoms with Gasteiger partial charge in [0.2, 0.25) is 0 Å². The third-order valence-corrected chi connectivity index (χ3v) is 4.63. The minimum Gasteiger partial charge on any atom is -0.393 e. The van der Waals surface area contributed by atoms with Gasteiger partial charge in [0.1, 0.15) is 0 Å². The largest absolute Gasteiger partial charge is 0.393 e. The SMILES string of the molecule is CC1CCCN(C)C1(C)C.OC1CCNCC1. The fourth-order valence-electron chi connectivity index (χ4n) is 2.46. The van der Waals surface area contributed by atoms with Crippen LogP contribution >= 0.6 is 0 Å². The molecule has 0 amide bonds. The van der Waals surface area contributed by atoms with Gasteiger partial charge in [0.15, 0.2) is 0 Å². The van der Waals surface area contributed by atoms with Crippen LogP contribution in [0.3, 0.4) is 0 Å². The summed E-state index contributed by atoms with van der Waals surface area (Å²) in [6, 6.07) is 0. The van der Waals surface area contributed by atoms with Gasteiger partial charge >= 0.3 is 0 Å². The Bertz CT molecular complexity index is 200. The Balaban J connectivity index is 0.000000181. The van der Waals surface area contributed by atoms with Crippen LogP contribution in [0.15, 0.2) is 0 Å². The molecule has 0 spiro atoms. The highest BCUT2D eigenvalue weighted by molar-refractivity contribution is 4.88. The van der Waals surface area contributed by atoms with Crippen LogP contribution < -0.4 is 5.32 Å². The van der Waals surface area contributed by atoms with Gasteiger partial charge < -0.3 is 15.3 Å². The standard InChI is InChI=1S/C9H19N.C5H11NO/c1-8-6-5-7-10(4)9(8,2)3;7-5-1-3-6-4-2-5/h8H,5-7H2,1-4H3;5-7H,1-4H2. The zero-order chi connectivity index (χ0) is 12.9. The van der Waals surface area contributed by atoms with E-state index in [1.807, 2.05) is 0 Å². The van der Waals surface area contributed by atoms with Crippen LogP contribution in [0.25, 0.3) is 0 Å². The van der Waals surface area contributed by atoms with Crippen molar-refractivity contribution in [3.05, 3.63) is 0 Å². The quantitative estimate of drug-likeness (QED) is 0.680. The molecule has 1 unspecified atom stereocenters. The molecular weight excluding hydrogens is 212 g/mol. The number of hydrogen-bond acceptors (Lipinski definition) is 3. The van der Waals surface area contributed by atoms with Crippen molar-refractivity contribution >= 4 is 0 Å². The topological polar surface area (TPSA) is 35.5 Å². The van der Waals surface area contributed by atoms with E-state index < -0.39 is 0 Å². The Morgan fingerprint density at radius 1 is 1.18 bits per heavy atom. The maximum atomic E-state index is 8.87. The van der Waals surface area contributed by atoms with Crippen molar-refractivity contribution in [2.45, 2.75) is 58.1 Å². The lowest BCUT2D eigenvalue weighted by Crippen LogP contribution is -2.49. The molecule has 102 valence electrons. The van der Waals surface area contributed by atoms with Crippen molar-refractivity contribution in [3.63, 3.8) is 0 Å². The first-order valence-corrected chi connectivity index (χ1v) is 7.04. The first-order chi connectivity index (χ1) is 7.94. The molecule has 0 saturated carbocycles. The Kier molecular flexibility index (Phi) is 5.90. The van der Waals surface area contributed by atoms with Gasteiger partial charge in [-0.15, -0.1) is 0 Å². The van der Waals surface area contributed by atoms with Crippen molar-refractivity contribution in [3.8, 4) is 0 Å². The third kappa shape index (κ3) is 4.57. The zero-order valence-corrected chi connectivity index (χ0v) is 12.0. The minimum absolute atomic E-state index is 0.0266. The summed E-state index contributed by atoms with van der Waals surface area (Å²) in [4.78, 5) is 2.47. The molecule has 2 saturated heterocycles. The summed E-state index contributed by atoms with van der Waals surface area (Å²) in [5.74, 6) is 0.853. The molecule has 3 heteroatoms. The van der Waals surface area contributed by atoms with E-state index in [9.17, 15) is 0 Å². The van der Waals surface area contributed by atoms with E-state index >= 15 is 0 Å². The summed E-state index contributed by atoms with van der Waals surface area (Å²) in [5.41, 5.74) is 0.429. The Hall–Kier alpha value is -0.120. The van der Waals surface area contributed by atoms with E-state index in [0.29, 0.717) is 5.54 Å². The number of nitrogens with one attached hydrogen (secondary N) is 1. The molecule has 0 radical (unpaired) electrons. The molecule has 17 heavy (non-hydrogen) atoms. The Morgan fingerprint density at radius 2 is 1.76 bits per heavy atom. The summed E-state index contributed by atoms with van der Waals surface area (Å²) in [6.45, 7) is 10.3. The Labute approximate surface area is 107 Å². The molecular formula is C14H30N2O. The summed E-state index contributed by atoms with van der Waals surface area (Å²) in [7, 11) is 2.23. The average molecular weight is 242 g/mol. The molecule has 2 fully saturated rings. The summed E-state index contributed by atoms with van der Waals surface area (Å²) in [5, 5.41) is 12.0. The van der Waals surface area contributed by atoms with Gasteiger partial charge in [-0.05, 0) is 72.1 Å². The lowest BCUT2D eigenvalue weighted by molar-refractivity contribution is 0.0547. The second-order valence-electron chi connectivity index (χ2n) is 6.10. The highest BCUT2D eigenvalue weighted by atomic mass is 16.3. The van der Waals surface area contributed by atoms with Gasteiger partial charge in [-0.1, -0.05) is 6.92 Å². The zero-order valence-electron chi connectivity index (χ0n) is 12.0. The van der Waals surface area contributed by atoms with Crippen molar-refractivity contribution < 1.29 is 5.11 Å². The smallest absolute Gasteiger partial charge is 0.0564 e. The number of piperidine rings is 2. The number of hydrogen-bond donors (Lipinski definition) is 2. The fraction of sp³-hybridized carbons (Fsp3) is 1.00. The van der Waals surface area contributed by atoms with Crippen LogP contribution in [0.2, 0.25) is 0 Å². The number of rotatable bonds is 0. The van der Waals surface area contributed by atoms with Crippen molar-refractivity contribution in [1.29, 1.82) is 0 Å². The lowest BCUT2D eigenvalue weighted by Gasteiger charge is -2.44. The molecule has 2 heterocycles. The highest BCUT2D eigenvalue weighted by Gasteiger charge is 2.32. The number of aliphatic hydroxyl groups excluding tert-OH is 1. The maximum absolute atomic E-state index is 8.87. The molecule has 2 N–H and O–H groups in total. The van der Waals surface area contributed by atoms with Gasteiger partial charge in [-0.25, -0.2) is 0 Å². The molecule has 3 nitrogen and oxygen atoms in total. The van der Waals surface area contributed by atoms with Gasteiger partial charge in [0.05, 0.1) is 6.10 Å². The molecule has 2 aliphatic rings. The van der Waals surface area contributed by atoms with Crippen molar-refractivity contribution in [1.82, 2.24) is 10.2 Å². The molecule has 0 aliphatic carbocycles. The van der Waals surface area contributed by atoms with Crippen LogP contribution in [0.1, 0.15) is 46.5 Å². The van der Waals surface area contributed by atoms with Gasteiger partial charge in [0.25, 0.3) is 0 Å². The van der Waals surface area contributed by atoms with E-state index in [1.165, 1.54) is 19.4 Å². The fourth-order valence-corrected chi connectivity index (χ4v) is 2.46. The van der Waals surface area contributed by atoms with Crippen molar-refractivity contribution in [2.75, 3.05) is 26.7 Å². The van der Waals surface area contributed by atoms with E-state index in [2.05, 4.69) is 38.0 Å². The first-order valence-electron chi connectivity index (χ1n) is 7.04. The van der Waals surface area contributed by atoms with Crippen LogP contribution in [-0.2, 0) is 0 Å². The molecule has 0 aromatic heterocycles. The van der Waals surface area contributed by atoms with E-state index in [0.717, 1.165) is 31.8 Å². The second kappa shape index (κ2) is 6.72. The van der Waals surface area contributed by atoms with Crippen LogP contribution in [0.5, 0.6) is 0 Å². The summed E-state index contributed by atoms with van der Waals surface area (Å²) < 4.78 is 0. The first kappa shape index (κ1) is 14.9. The number of likely N-dealkylation sites (tertiary alicyclic amines) is 1. The molecule has 0 aromatic carbocycles. The van der Waals surface area contributed by atoms with E-state index in [4.69, 9.17) is 5.11 Å². The second-order valence-corrected chi connectivity index (χ2v) is 6.10. The van der Waals surface area contributed by atoms with Crippen LogP contribution in [-0.4, -0.2) is 48.3 Å². The Morgan fingerprint density at radius 3 is 2.12 bits per heavy atom.